The average Bonchev–Trinajstić information content (AvgIpc) is 3.00. The van der Waals surface area contributed by atoms with Gasteiger partial charge in [-0.25, -0.2) is 0 Å². The van der Waals surface area contributed by atoms with Crippen molar-refractivity contribution < 1.29 is 9.53 Å². The van der Waals surface area contributed by atoms with Gasteiger partial charge < -0.3 is 15.0 Å². The number of hydrogen-bond acceptors (Lipinski definition) is 6. The summed E-state index contributed by atoms with van der Waals surface area (Å²) in [4.78, 5) is 15.2. The molecule has 1 aliphatic heterocycles. The minimum absolute atomic E-state index is 0.0563. The van der Waals surface area contributed by atoms with Crippen LogP contribution in [0.5, 0.6) is 5.75 Å². The standard InChI is InChI=1S/C24H29N5O2S/c1-18-26-27-24(29(18)19-11-13-20(31-2)14-12-19)32-17-23(30)25-21-9-5-6-10-22(21)28-15-7-3-4-8-16-28/h5-6,9-14H,3-4,7-8,15-17H2,1-2H3,(H,25,30). The zero-order valence-electron chi connectivity index (χ0n) is 18.6. The zero-order chi connectivity index (χ0) is 22.3. The van der Waals surface area contributed by atoms with E-state index < -0.39 is 0 Å². The number of rotatable bonds is 7. The highest BCUT2D eigenvalue weighted by atomic mass is 32.2. The van der Waals surface area contributed by atoms with Gasteiger partial charge in [0.1, 0.15) is 11.6 Å². The first-order chi connectivity index (χ1) is 15.7. The molecule has 1 aromatic heterocycles. The maximum atomic E-state index is 12.8. The van der Waals surface area contributed by atoms with Crippen molar-refractivity contribution in [3.8, 4) is 11.4 Å². The molecule has 0 unspecified atom stereocenters. The molecule has 0 radical (unpaired) electrons. The van der Waals surface area contributed by atoms with Gasteiger partial charge in [-0.15, -0.1) is 10.2 Å². The lowest BCUT2D eigenvalue weighted by molar-refractivity contribution is -0.113. The molecule has 1 amide bonds. The van der Waals surface area contributed by atoms with Crippen molar-refractivity contribution in [3.63, 3.8) is 0 Å². The number of thioether (sulfide) groups is 1. The lowest BCUT2D eigenvalue weighted by Crippen LogP contribution is -2.26. The van der Waals surface area contributed by atoms with Crippen molar-refractivity contribution in [2.75, 3.05) is 36.2 Å². The smallest absolute Gasteiger partial charge is 0.234 e. The van der Waals surface area contributed by atoms with Crippen LogP contribution in [0.4, 0.5) is 11.4 Å². The van der Waals surface area contributed by atoms with Crippen molar-refractivity contribution >= 4 is 29.0 Å². The highest BCUT2D eigenvalue weighted by Crippen LogP contribution is 2.29. The van der Waals surface area contributed by atoms with E-state index in [1.165, 1.54) is 37.4 Å². The van der Waals surface area contributed by atoms with Crippen molar-refractivity contribution in [3.05, 3.63) is 54.4 Å². The lowest BCUT2D eigenvalue weighted by atomic mass is 10.2. The van der Waals surface area contributed by atoms with Gasteiger partial charge in [-0.2, -0.15) is 0 Å². The Hall–Kier alpha value is -3.00. The van der Waals surface area contributed by atoms with Gasteiger partial charge >= 0.3 is 0 Å². The number of aromatic nitrogens is 3. The summed E-state index contributed by atoms with van der Waals surface area (Å²) in [5, 5.41) is 12.3. The van der Waals surface area contributed by atoms with Crippen LogP contribution >= 0.6 is 11.8 Å². The van der Waals surface area contributed by atoms with Crippen LogP contribution in [0.2, 0.25) is 0 Å². The molecule has 0 atom stereocenters. The van der Waals surface area contributed by atoms with Crippen molar-refractivity contribution in [2.45, 2.75) is 37.8 Å². The number of nitrogens with one attached hydrogen (secondary N) is 1. The third-order valence-electron chi connectivity index (χ3n) is 5.58. The quantitative estimate of drug-likeness (QED) is 0.525. The lowest BCUT2D eigenvalue weighted by Gasteiger charge is -2.25. The topological polar surface area (TPSA) is 72.3 Å². The van der Waals surface area contributed by atoms with Gasteiger partial charge in [0.15, 0.2) is 5.16 Å². The van der Waals surface area contributed by atoms with E-state index in [4.69, 9.17) is 4.74 Å². The number of hydrogen-bond donors (Lipinski definition) is 1. The summed E-state index contributed by atoms with van der Waals surface area (Å²) in [6.45, 7) is 3.97. The van der Waals surface area contributed by atoms with Gasteiger partial charge in [-0.3, -0.25) is 9.36 Å². The number of ether oxygens (including phenoxy) is 1. The molecular formula is C24H29N5O2S. The number of anilines is 2. The molecule has 2 heterocycles. The average molecular weight is 452 g/mol. The Labute approximate surface area is 193 Å². The molecule has 8 heteroatoms. The maximum Gasteiger partial charge on any atom is 0.234 e. The second-order valence-electron chi connectivity index (χ2n) is 7.82. The first-order valence-corrected chi connectivity index (χ1v) is 12.0. The van der Waals surface area contributed by atoms with E-state index in [0.29, 0.717) is 5.16 Å². The van der Waals surface area contributed by atoms with Gasteiger partial charge in [0.25, 0.3) is 0 Å². The highest BCUT2D eigenvalue weighted by Gasteiger charge is 2.17. The molecular weight excluding hydrogens is 422 g/mol. The molecule has 4 rings (SSSR count). The Balaban J connectivity index is 1.43. The summed E-state index contributed by atoms with van der Waals surface area (Å²) >= 11 is 1.38. The van der Waals surface area contributed by atoms with E-state index in [-0.39, 0.29) is 11.7 Å². The summed E-state index contributed by atoms with van der Waals surface area (Å²) in [5.74, 6) is 1.75. The molecule has 1 N–H and O–H groups in total. The number of amides is 1. The number of benzene rings is 2. The molecule has 0 spiro atoms. The second-order valence-corrected chi connectivity index (χ2v) is 8.76. The van der Waals surface area contributed by atoms with Crippen LogP contribution in [0.25, 0.3) is 5.69 Å². The molecule has 1 fully saturated rings. The first kappa shape index (κ1) is 22.2. The largest absolute Gasteiger partial charge is 0.497 e. The monoisotopic (exact) mass is 451 g/mol. The molecule has 0 saturated carbocycles. The van der Waals surface area contributed by atoms with Crippen LogP contribution in [0, 0.1) is 6.92 Å². The van der Waals surface area contributed by atoms with Gasteiger partial charge in [-0.1, -0.05) is 36.7 Å². The Bertz CT molecular complexity index is 1040. The predicted octanol–water partition coefficient (Wildman–Crippen LogP) is 4.70. The summed E-state index contributed by atoms with van der Waals surface area (Å²) in [6, 6.07) is 15.8. The number of methoxy groups -OCH3 is 1. The Morgan fingerprint density at radius 1 is 1.03 bits per heavy atom. The molecule has 2 aromatic carbocycles. The van der Waals surface area contributed by atoms with E-state index >= 15 is 0 Å². The number of para-hydroxylation sites is 2. The van der Waals surface area contributed by atoms with Crippen molar-refractivity contribution in [2.24, 2.45) is 0 Å². The highest BCUT2D eigenvalue weighted by molar-refractivity contribution is 7.99. The van der Waals surface area contributed by atoms with Crippen LogP contribution < -0.4 is 15.0 Å². The number of aryl methyl sites for hydroxylation is 1. The first-order valence-electron chi connectivity index (χ1n) is 11.0. The Morgan fingerprint density at radius 2 is 1.75 bits per heavy atom. The summed E-state index contributed by atoms with van der Waals surface area (Å²) in [5.41, 5.74) is 2.90. The fraction of sp³-hybridized carbons (Fsp3) is 0.375. The third-order valence-corrected chi connectivity index (χ3v) is 6.51. The molecule has 0 bridgehead atoms. The zero-order valence-corrected chi connectivity index (χ0v) is 19.4. The van der Waals surface area contributed by atoms with E-state index in [0.717, 1.165) is 41.7 Å². The number of nitrogens with zero attached hydrogens (tertiary/aromatic N) is 4. The number of carbonyl (C=O) groups excluding carboxylic acids is 1. The normalized spacial score (nSPS) is 14.1. The van der Waals surface area contributed by atoms with Gasteiger partial charge in [0.05, 0.1) is 24.2 Å². The van der Waals surface area contributed by atoms with Crippen LogP contribution in [-0.2, 0) is 4.79 Å². The maximum absolute atomic E-state index is 12.8. The molecule has 7 nitrogen and oxygen atoms in total. The molecule has 1 aliphatic rings. The van der Waals surface area contributed by atoms with Crippen LogP contribution in [0.1, 0.15) is 31.5 Å². The molecule has 3 aromatic rings. The van der Waals surface area contributed by atoms with E-state index in [2.05, 4.69) is 26.5 Å². The minimum atomic E-state index is -0.0563. The Kier molecular flexibility index (Phi) is 7.32. The number of carbonyl (C=O) groups is 1. The summed E-state index contributed by atoms with van der Waals surface area (Å²) < 4.78 is 7.19. The van der Waals surface area contributed by atoms with Gasteiger partial charge in [-0.05, 0) is 56.2 Å². The van der Waals surface area contributed by atoms with E-state index in [9.17, 15) is 4.79 Å². The molecule has 168 valence electrons. The fourth-order valence-corrected chi connectivity index (χ4v) is 4.75. The second kappa shape index (κ2) is 10.5. The van der Waals surface area contributed by atoms with Crippen molar-refractivity contribution in [1.29, 1.82) is 0 Å². The third kappa shape index (κ3) is 5.24. The van der Waals surface area contributed by atoms with Crippen molar-refractivity contribution in [1.82, 2.24) is 14.8 Å². The summed E-state index contributed by atoms with van der Waals surface area (Å²) in [6.07, 6.45) is 4.93. The van der Waals surface area contributed by atoms with Gasteiger partial charge in [0, 0.05) is 18.8 Å². The molecule has 1 saturated heterocycles. The molecule has 0 aliphatic carbocycles. The predicted molar refractivity (Wildman–Crippen MR) is 129 cm³/mol. The summed E-state index contributed by atoms with van der Waals surface area (Å²) in [7, 11) is 1.64. The van der Waals surface area contributed by atoms with Crippen LogP contribution in [-0.4, -0.2) is 46.6 Å². The van der Waals surface area contributed by atoms with Crippen LogP contribution in [0.3, 0.4) is 0 Å². The van der Waals surface area contributed by atoms with E-state index in [1.807, 2.05) is 54.0 Å². The fourth-order valence-electron chi connectivity index (χ4n) is 3.95. The Morgan fingerprint density at radius 3 is 2.47 bits per heavy atom. The van der Waals surface area contributed by atoms with Gasteiger partial charge in [0.2, 0.25) is 5.91 Å². The minimum Gasteiger partial charge on any atom is -0.497 e. The van der Waals surface area contributed by atoms with E-state index in [1.54, 1.807) is 7.11 Å². The van der Waals surface area contributed by atoms with Crippen LogP contribution in [0.15, 0.2) is 53.7 Å². The SMILES string of the molecule is COc1ccc(-n2c(C)nnc2SCC(=O)Nc2ccccc2N2CCCCCC2)cc1. The molecule has 32 heavy (non-hydrogen) atoms.